The van der Waals surface area contributed by atoms with E-state index in [9.17, 15) is 9.90 Å². The molecule has 3 N–H and O–H groups in total. The van der Waals surface area contributed by atoms with Crippen molar-refractivity contribution in [3.63, 3.8) is 0 Å². The van der Waals surface area contributed by atoms with Gasteiger partial charge < -0.3 is 10.8 Å². The Labute approximate surface area is 149 Å². The van der Waals surface area contributed by atoms with E-state index in [1.165, 1.54) is 23.8 Å². The smallest absolute Gasteiger partial charge is 0.316 e. The van der Waals surface area contributed by atoms with Gasteiger partial charge in [0.05, 0.1) is 5.69 Å². The van der Waals surface area contributed by atoms with Gasteiger partial charge in [-0.15, -0.1) is 10.2 Å². The minimum atomic E-state index is -0.896. The number of carboxylic acids is 1. The maximum absolute atomic E-state index is 11.2. The van der Waals surface area contributed by atoms with Gasteiger partial charge in [0.1, 0.15) is 5.25 Å². The van der Waals surface area contributed by atoms with Gasteiger partial charge in [-0.25, -0.2) is 0 Å². The first kappa shape index (κ1) is 16.0. The van der Waals surface area contributed by atoms with Gasteiger partial charge in [0.25, 0.3) is 0 Å². The van der Waals surface area contributed by atoms with Crippen molar-refractivity contribution in [1.82, 2.24) is 14.8 Å². The lowest BCUT2D eigenvalue weighted by molar-refractivity contribution is -0.136. The van der Waals surface area contributed by atoms with Crippen LogP contribution in [-0.2, 0) is 4.79 Å². The van der Waals surface area contributed by atoms with Crippen molar-refractivity contribution in [2.45, 2.75) is 36.1 Å². The van der Waals surface area contributed by atoms with Crippen LogP contribution in [0.15, 0.2) is 41.6 Å². The van der Waals surface area contributed by atoms with Crippen molar-refractivity contribution in [2.24, 2.45) is 0 Å². The Balaban J connectivity index is 1.87. The van der Waals surface area contributed by atoms with Crippen molar-refractivity contribution in [3.8, 4) is 5.69 Å². The molecule has 1 fully saturated rings. The molecule has 0 spiro atoms. The number of carbonyl (C=O) groups is 1. The van der Waals surface area contributed by atoms with E-state index in [1.54, 1.807) is 11.5 Å². The number of thioether (sulfide) groups is 1. The standard InChI is InChI=1S/C18H18N4O2S/c1-10(16(23)24)25-18-21-20-17(19)22(18)15-9-8-12(11-6-7-11)13-4-2-3-5-14(13)15/h2-5,8-11H,6-7H2,1H3,(H2,19,20)(H,23,24). The van der Waals surface area contributed by atoms with E-state index in [0.717, 1.165) is 22.8 Å². The topological polar surface area (TPSA) is 94.0 Å². The molecule has 1 aliphatic rings. The molecule has 128 valence electrons. The van der Waals surface area contributed by atoms with Gasteiger partial charge in [-0.3, -0.25) is 9.36 Å². The van der Waals surface area contributed by atoms with Crippen molar-refractivity contribution in [2.75, 3.05) is 5.73 Å². The number of hydrogen-bond acceptors (Lipinski definition) is 5. The average Bonchev–Trinajstić information content (AvgIpc) is 3.38. The Bertz CT molecular complexity index is 965. The number of carboxylic acid groups (broad SMARTS) is 1. The van der Waals surface area contributed by atoms with Crippen molar-refractivity contribution >= 4 is 34.5 Å². The molecule has 0 aliphatic heterocycles. The molecule has 0 amide bonds. The molecule has 1 aromatic heterocycles. The highest BCUT2D eigenvalue weighted by atomic mass is 32.2. The van der Waals surface area contributed by atoms with Gasteiger partial charge in [-0.2, -0.15) is 0 Å². The number of rotatable bonds is 5. The molecule has 0 bridgehead atoms. The normalized spacial score (nSPS) is 15.4. The molecule has 0 saturated heterocycles. The number of aliphatic carboxylic acids is 1. The Morgan fingerprint density at radius 1 is 1.24 bits per heavy atom. The summed E-state index contributed by atoms with van der Waals surface area (Å²) in [6, 6.07) is 12.4. The van der Waals surface area contributed by atoms with Crippen molar-refractivity contribution < 1.29 is 9.90 Å². The summed E-state index contributed by atoms with van der Waals surface area (Å²) in [5.74, 6) is -0.00504. The fourth-order valence-corrected chi connectivity index (χ4v) is 3.85. The highest BCUT2D eigenvalue weighted by Gasteiger charge is 2.27. The Kier molecular flexibility index (Phi) is 3.88. The van der Waals surface area contributed by atoms with Crippen LogP contribution in [0.2, 0.25) is 0 Å². The van der Waals surface area contributed by atoms with Gasteiger partial charge >= 0.3 is 5.97 Å². The Morgan fingerprint density at radius 3 is 2.64 bits per heavy atom. The monoisotopic (exact) mass is 354 g/mol. The second-order valence-electron chi connectivity index (χ2n) is 6.27. The van der Waals surface area contributed by atoms with Crippen LogP contribution in [0.4, 0.5) is 5.95 Å². The number of hydrogen-bond donors (Lipinski definition) is 2. The number of nitrogens with zero attached hydrogens (tertiary/aromatic N) is 3. The summed E-state index contributed by atoms with van der Waals surface area (Å²) in [7, 11) is 0. The third kappa shape index (κ3) is 2.84. The number of nitrogen functional groups attached to an aromatic ring is 1. The number of benzene rings is 2. The van der Waals surface area contributed by atoms with Gasteiger partial charge in [-0.05, 0) is 42.7 Å². The van der Waals surface area contributed by atoms with Crippen LogP contribution in [0.5, 0.6) is 0 Å². The van der Waals surface area contributed by atoms with Crippen LogP contribution < -0.4 is 5.73 Å². The van der Waals surface area contributed by atoms with E-state index in [-0.39, 0.29) is 5.95 Å². The lowest BCUT2D eigenvalue weighted by Gasteiger charge is -2.14. The van der Waals surface area contributed by atoms with Crippen LogP contribution in [0.1, 0.15) is 31.2 Å². The molecule has 7 heteroatoms. The van der Waals surface area contributed by atoms with E-state index in [1.807, 2.05) is 18.2 Å². The zero-order chi connectivity index (χ0) is 17.6. The van der Waals surface area contributed by atoms with Crippen LogP contribution in [0, 0.1) is 0 Å². The highest BCUT2D eigenvalue weighted by molar-refractivity contribution is 8.00. The van der Waals surface area contributed by atoms with Gasteiger partial charge in [-0.1, -0.05) is 42.1 Å². The summed E-state index contributed by atoms with van der Waals surface area (Å²) >= 11 is 1.14. The largest absolute Gasteiger partial charge is 0.480 e. The molecular weight excluding hydrogens is 336 g/mol. The zero-order valence-electron chi connectivity index (χ0n) is 13.7. The van der Waals surface area contributed by atoms with E-state index < -0.39 is 11.2 Å². The summed E-state index contributed by atoms with van der Waals surface area (Å²) in [5.41, 5.74) is 8.29. The number of aromatic nitrogens is 3. The first-order valence-corrected chi connectivity index (χ1v) is 9.06. The van der Waals surface area contributed by atoms with Gasteiger partial charge in [0.15, 0.2) is 5.16 Å². The summed E-state index contributed by atoms with van der Waals surface area (Å²) in [6.07, 6.45) is 2.46. The molecule has 4 rings (SSSR count). The minimum absolute atomic E-state index is 0.254. The first-order chi connectivity index (χ1) is 12.1. The zero-order valence-corrected chi connectivity index (χ0v) is 14.5. The predicted octanol–water partition coefficient (Wildman–Crippen LogP) is 3.45. The maximum Gasteiger partial charge on any atom is 0.316 e. The highest BCUT2D eigenvalue weighted by Crippen LogP contribution is 2.44. The van der Waals surface area contributed by atoms with Gasteiger partial charge in [0.2, 0.25) is 5.95 Å². The molecule has 2 aromatic carbocycles. The third-order valence-electron chi connectivity index (χ3n) is 4.48. The minimum Gasteiger partial charge on any atom is -0.480 e. The predicted molar refractivity (Wildman–Crippen MR) is 98.2 cm³/mol. The molecule has 3 aromatic rings. The summed E-state index contributed by atoms with van der Waals surface area (Å²) in [4.78, 5) is 11.2. The Hall–Kier alpha value is -2.54. The summed E-state index contributed by atoms with van der Waals surface area (Å²) in [5, 5.41) is 19.3. The van der Waals surface area contributed by atoms with Crippen LogP contribution in [0.25, 0.3) is 16.5 Å². The molecule has 1 atom stereocenters. The maximum atomic E-state index is 11.2. The lowest BCUT2D eigenvalue weighted by atomic mass is 9.99. The molecule has 1 unspecified atom stereocenters. The van der Waals surface area contributed by atoms with Crippen molar-refractivity contribution in [3.05, 3.63) is 42.0 Å². The van der Waals surface area contributed by atoms with E-state index >= 15 is 0 Å². The number of anilines is 1. The molecule has 1 saturated carbocycles. The van der Waals surface area contributed by atoms with Crippen molar-refractivity contribution in [1.29, 1.82) is 0 Å². The average molecular weight is 354 g/mol. The van der Waals surface area contributed by atoms with E-state index in [2.05, 4.69) is 28.4 Å². The molecule has 25 heavy (non-hydrogen) atoms. The number of nitrogens with two attached hydrogens (primary N) is 1. The number of fused-ring (bicyclic) bond motifs is 1. The van der Waals surface area contributed by atoms with E-state index in [4.69, 9.17) is 5.73 Å². The first-order valence-electron chi connectivity index (χ1n) is 8.18. The fourth-order valence-electron chi connectivity index (χ4n) is 3.04. The van der Waals surface area contributed by atoms with Crippen LogP contribution in [-0.4, -0.2) is 31.1 Å². The SMILES string of the molecule is CC(Sc1nnc(N)n1-c1ccc(C2CC2)c2ccccc12)C(=O)O. The second kappa shape index (κ2) is 6.07. The summed E-state index contributed by atoms with van der Waals surface area (Å²) in [6.45, 7) is 1.62. The molecular formula is C18H18N4O2S. The fraction of sp³-hybridized carbons (Fsp3) is 0.278. The van der Waals surface area contributed by atoms with E-state index in [0.29, 0.717) is 11.1 Å². The van der Waals surface area contributed by atoms with Crippen LogP contribution in [0.3, 0.4) is 0 Å². The molecule has 1 heterocycles. The Morgan fingerprint density at radius 2 is 1.96 bits per heavy atom. The summed E-state index contributed by atoms with van der Waals surface area (Å²) < 4.78 is 1.74. The lowest BCUT2D eigenvalue weighted by Crippen LogP contribution is -2.13. The van der Waals surface area contributed by atoms with Crippen LogP contribution >= 0.6 is 11.8 Å². The quantitative estimate of drug-likeness (QED) is 0.682. The molecule has 0 radical (unpaired) electrons. The third-order valence-corrected chi connectivity index (χ3v) is 5.51. The molecule has 6 nitrogen and oxygen atoms in total. The second-order valence-corrected chi connectivity index (χ2v) is 7.58. The van der Waals surface area contributed by atoms with Gasteiger partial charge in [0, 0.05) is 5.39 Å². The molecule has 1 aliphatic carbocycles.